The Bertz CT molecular complexity index is 485. The summed E-state index contributed by atoms with van der Waals surface area (Å²) in [7, 11) is 1.58. The molecule has 2 rings (SSSR count). The SMILES string of the molecule is COc1ccccc1Oc1ncc(CN)cn1. The van der Waals surface area contributed by atoms with E-state index in [-0.39, 0.29) is 6.01 Å². The first-order valence-corrected chi connectivity index (χ1v) is 5.15. The van der Waals surface area contributed by atoms with E-state index in [9.17, 15) is 0 Å². The fourth-order valence-electron chi connectivity index (χ4n) is 1.30. The van der Waals surface area contributed by atoms with Gasteiger partial charge in [-0.1, -0.05) is 12.1 Å². The number of hydrogen-bond donors (Lipinski definition) is 1. The van der Waals surface area contributed by atoms with Gasteiger partial charge in [-0.3, -0.25) is 0 Å². The van der Waals surface area contributed by atoms with Crippen LogP contribution < -0.4 is 15.2 Å². The smallest absolute Gasteiger partial charge is 0.322 e. The monoisotopic (exact) mass is 231 g/mol. The van der Waals surface area contributed by atoms with Gasteiger partial charge in [-0.25, -0.2) is 9.97 Å². The summed E-state index contributed by atoms with van der Waals surface area (Å²) in [6.45, 7) is 0.412. The molecule has 1 aromatic carbocycles. The minimum atomic E-state index is 0.270. The predicted molar refractivity (Wildman–Crippen MR) is 63.0 cm³/mol. The molecule has 0 fully saturated rings. The second-order valence-electron chi connectivity index (χ2n) is 3.33. The van der Waals surface area contributed by atoms with Gasteiger partial charge in [-0.15, -0.1) is 0 Å². The van der Waals surface area contributed by atoms with Crippen LogP contribution in [0.15, 0.2) is 36.7 Å². The summed E-state index contributed by atoms with van der Waals surface area (Å²) in [4.78, 5) is 8.10. The third-order valence-electron chi connectivity index (χ3n) is 2.19. The molecular formula is C12H13N3O2. The molecular weight excluding hydrogens is 218 g/mol. The van der Waals surface area contributed by atoms with Gasteiger partial charge in [0.05, 0.1) is 7.11 Å². The Balaban J connectivity index is 2.19. The molecule has 0 saturated heterocycles. The van der Waals surface area contributed by atoms with Gasteiger partial charge in [0, 0.05) is 24.5 Å². The summed E-state index contributed by atoms with van der Waals surface area (Å²) in [5.41, 5.74) is 6.32. The number of benzene rings is 1. The lowest BCUT2D eigenvalue weighted by Gasteiger charge is -2.08. The molecule has 0 radical (unpaired) electrons. The predicted octanol–water partition coefficient (Wildman–Crippen LogP) is 1.74. The summed E-state index contributed by atoms with van der Waals surface area (Å²) >= 11 is 0. The third kappa shape index (κ3) is 2.70. The lowest BCUT2D eigenvalue weighted by atomic mass is 10.3. The van der Waals surface area contributed by atoms with Gasteiger partial charge in [0.25, 0.3) is 0 Å². The fraction of sp³-hybridized carbons (Fsp3) is 0.167. The summed E-state index contributed by atoms with van der Waals surface area (Å²) in [5.74, 6) is 1.22. The van der Waals surface area contributed by atoms with Crippen LogP contribution in [0.3, 0.4) is 0 Å². The second kappa shape index (κ2) is 5.27. The zero-order valence-corrected chi connectivity index (χ0v) is 9.46. The van der Waals surface area contributed by atoms with Crippen molar-refractivity contribution in [3.63, 3.8) is 0 Å². The molecule has 0 unspecified atom stereocenters. The Morgan fingerprint density at radius 2 is 1.76 bits per heavy atom. The maximum absolute atomic E-state index is 5.51. The van der Waals surface area contributed by atoms with Crippen LogP contribution in [-0.4, -0.2) is 17.1 Å². The number of ether oxygens (including phenoxy) is 2. The highest BCUT2D eigenvalue weighted by Gasteiger charge is 2.05. The number of hydrogen-bond acceptors (Lipinski definition) is 5. The molecule has 0 saturated carbocycles. The molecule has 1 aromatic heterocycles. The normalized spacial score (nSPS) is 10.0. The van der Waals surface area contributed by atoms with Crippen molar-refractivity contribution in [3.8, 4) is 17.5 Å². The van der Waals surface area contributed by atoms with Crippen molar-refractivity contribution in [3.05, 3.63) is 42.2 Å². The Morgan fingerprint density at radius 3 is 2.35 bits per heavy atom. The average Bonchev–Trinajstić information content (AvgIpc) is 2.40. The van der Waals surface area contributed by atoms with Crippen LogP contribution in [0.25, 0.3) is 0 Å². The molecule has 5 heteroatoms. The Hall–Kier alpha value is -2.14. The van der Waals surface area contributed by atoms with Gasteiger partial charge < -0.3 is 15.2 Å². The Labute approximate surface area is 99.2 Å². The van der Waals surface area contributed by atoms with Crippen molar-refractivity contribution in [1.29, 1.82) is 0 Å². The molecule has 0 aliphatic heterocycles. The summed E-state index contributed by atoms with van der Waals surface area (Å²) in [5, 5.41) is 0. The molecule has 5 nitrogen and oxygen atoms in total. The molecule has 0 atom stereocenters. The zero-order valence-electron chi connectivity index (χ0n) is 9.46. The maximum Gasteiger partial charge on any atom is 0.322 e. The number of nitrogens with zero attached hydrogens (tertiary/aromatic N) is 2. The minimum Gasteiger partial charge on any atom is -0.493 e. The van der Waals surface area contributed by atoms with Crippen molar-refractivity contribution in [2.45, 2.75) is 6.54 Å². The van der Waals surface area contributed by atoms with E-state index in [1.165, 1.54) is 0 Å². The van der Waals surface area contributed by atoms with Crippen LogP contribution in [0.4, 0.5) is 0 Å². The molecule has 0 spiro atoms. The van der Waals surface area contributed by atoms with Gasteiger partial charge >= 0.3 is 6.01 Å². The highest BCUT2D eigenvalue weighted by Crippen LogP contribution is 2.28. The third-order valence-corrected chi connectivity index (χ3v) is 2.19. The first kappa shape index (κ1) is 11.3. The molecule has 0 amide bonds. The van der Waals surface area contributed by atoms with Crippen molar-refractivity contribution >= 4 is 0 Å². The highest BCUT2D eigenvalue weighted by atomic mass is 16.5. The standard InChI is InChI=1S/C12H13N3O2/c1-16-10-4-2-3-5-11(10)17-12-14-7-9(6-13)8-15-12/h2-5,7-8H,6,13H2,1H3. The number of aromatic nitrogens is 2. The van der Waals surface area contributed by atoms with Crippen LogP contribution in [0.2, 0.25) is 0 Å². The van der Waals surface area contributed by atoms with Gasteiger partial charge in [-0.05, 0) is 12.1 Å². The Morgan fingerprint density at radius 1 is 1.12 bits per heavy atom. The quantitative estimate of drug-likeness (QED) is 0.867. The van der Waals surface area contributed by atoms with Crippen molar-refractivity contribution < 1.29 is 9.47 Å². The van der Waals surface area contributed by atoms with Crippen LogP contribution in [-0.2, 0) is 6.54 Å². The van der Waals surface area contributed by atoms with Crippen LogP contribution >= 0.6 is 0 Å². The molecule has 0 bridgehead atoms. The summed E-state index contributed by atoms with van der Waals surface area (Å²) in [6, 6.07) is 7.59. The van der Waals surface area contributed by atoms with E-state index < -0.39 is 0 Å². The molecule has 2 N–H and O–H groups in total. The lowest BCUT2D eigenvalue weighted by Crippen LogP contribution is -1.99. The van der Waals surface area contributed by atoms with E-state index in [0.29, 0.717) is 18.0 Å². The number of methoxy groups -OCH3 is 1. The van der Waals surface area contributed by atoms with Gasteiger partial charge in [0.1, 0.15) is 0 Å². The second-order valence-corrected chi connectivity index (χ2v) is 3.33. The largest absolute Gasteiger partial charge is 0.493 e. The highest BCUT2D eigenvalue weighted by molar-refractivity contribution is 5.40. The van der Waals surface area contributed by atoms with Crippen LogP contribution in [0.5, 0.6) is 17.5 Å². The van der Waals surface area contributed by atoms with E-state index in [0.717, 1.165) is 5.56 Å². The lowest BCUT2D eigenvalue weighted by molar-refractivity contribution is 0.368. The zero-order chi connectivity index (χ0) is 12.1. The van der Waals surface area contributed by atoms with Crippen LogP contribution in [0.1, 0.15) is 5.56 Å². The number of para-hydroxylation sites is 2. The average molecular weight is 231 g/mol. The maximum atomic E-state index is 5.51. The van der Waals surface area contributed by atoms with E-state index in [1.807, 2.05) is 18.2 Å². The number of nitrogens with two attached hydrogens (primary N) is 1. The van der Waals surface area contributed by atoms with Crippen molar-refractivity contribution in [1.82, 2.24) is 9.97 Å². The van der Waals surface area contributed by atoms with E-state index in [2.05, 4.69) is 9.97 Å². The van der Waals surface area contributed by atoms with E-state index >= 15 is 0 Å². The topological polar surface area (TPSA) is 70.3 Å². The molecule has 17 heavy (non-hydrogen) atoms. The van der Waals surface area contributed by atoms with Gasteiger partial charge in [-0.2, -0.15) is 0 Å². The van der Waals surface area contributed by atoms with Crippen LogP contribution in [0, 0.1) is 0 Å². The molecule has 0 aliphatic rings. The molecule has 88 valence electrons. The van der Waals surface area contributed by atoms with Crippen molar-refractivity contribution in [2.24, 2.45) is 5.73 Å². The Kier molecular flexibility index (Phi) is 3.52. The fourth-order valence-corrected chi connectivity index (χ4v) is 1.30. The molecule has 2 aromatic rings. The summed E-state index contributed by atoms with van der Waals surface area (Å²) in [6.07, 6.45) is 3.27. The molecule has 1 heterocycles. The first-order valence-electron chi connectivity index (χ1n) is 5.15. The minimum absolute atomic E-state index is 0.270. The van der Waals surface area contributed by atoms with E-state index in [1.54, 1.807) is 25.6 Å². The molecule has 0 aliphatic carbocycles. The van der Waals surface area contributed by atoms with Gasteiger partial charge in [0.2, 0.25) is 0 Å². The van der Waals surface area contributed by atoms with E-state index in [4.69, 9.17) is 15.2 Å². The van der Waals surface area contributed by atoms with Crippen molar-refractivity contribution in [2.75, 3.05) is 7.11 Å². The summed E-state index contributed by atoms with van der Waals surface area (Å²) < 4.78 is 10.7. The number of rotatable bonds is 4. The first-order chi connectivity index (χ1) is 8.33. The van der Waals surface area contributed by atoms with Gasteiger partial charge in [0.15, 0.2) is 11.5 Å².